The van der Waals surface area contributed by atoms with Crippen LogP contribution in [-0.4, -0.2) is 16.8 Å². The van der Waals surface area contributed by atoms with Gasteiger partial charge in [0, 0.05) is 13.0 Å². The molecule has 2 nitrogen and oxygen atoms in total. The number of aliphatic hydroxyl groups is 2. The van der Waals surface area contributed by atoms with Gasteiger partial charge in [-0.2, -0.15) is 0 Å². The number of rotatable bonds is 3. The van der Waals surface area contributed by atoms with Crippen LogP contribution in [0.1, 0.15) is 18.1 Å². The highest BCUT2D eigenvalue weighted by Crippen LogP contribution is 2.14. The van der Waals surface area contributed by atoms with Crippen LogP contribution in [0.2, 0.25) is 0 Å². The summed E-state index contributed by atoms with van der Waals surface area (Å²) in [5, 5.41) is 17.9. The van der Waals surface area contributed by atoms with Gasteiger partial charge in [-0.05, 0) is 5.56 Å². The summed E-state index contributed by atoms with van der Waals surface area (Å²) in [5.41, 5.74) is 0.863. The molecule has 0 fully saturated rings. The van der Waals surface area contributed by atoms with Gasteiger partial charge in [0.1, 0.15) is 0 Å². The van der Waals surface area contributed by atoms with E-state index in [1.807, 2.05) is 30.3 Å². The molecule has 60 valence electrons. The molecule has 0 saturated heterocycles. The molecular formula is C9H12O2. The van der Waals surface area contributed by atoms with E-state index in [1.54, 1.807) is 0 Å². The Bertz CT molecular complexity index is 196. The third kappa shape index (κ3) is 2.33. The van der Waals surface area contributed by atoms with E-state index in [2.05, 4.69) is 0 Å². The molecule has 0 radical (unpaired) electrons. The molecule has 0 amide bonds. The largest absolute Gasteiger partial charge is 0.396 e. The average Bonchev–Trinajstić information content (AvgIpc) is 2.07. The molecule has 2 N–H and O–H groups in total. The summed E-state index contributed by atoms with van der Waals surface area (Å²) in [6, 6.07) is 9.33. The fourth-order valence-corrected chi connectivity index (χ4v) is 0.964. The number of benzene rings is 1. The molecule has 0 aliphatic heterocycles. The van der Waals surface area contributed by atoms with Crippen LogP contribution in [0.15, 0.2) is 30.3 Å². The molecule has 2 heteroatoms. The molecule has 1 aromatic rings. The minimum atomic E-state index is -0.527. The highest BCUT2D eigenvalue weighted by atomic mass is 16.3. The third-order valence-electron chi connectivity index (χ3n) is 1.59. The molecule has 0 heterocycles. The molecular weight excluding hydrogens is 140 g/mol. The smallest absolute Gasteiger partial charge is 0.0811 e. The van der Waals surface area contributed by atoms with E-state index < -0.39 is 6.10 Å². The Labute approximate surface area is 66.1 Å². The predicted molar refractivity (Wildman–Crippen MR) is 43.1 cm³/mol. The van der Waals surface area contributed by atoms with Gasteiger partial charge < -0.3 is 10.2 Å². The minimum Gasteiger partial charge on any atom is -0.396 e. The first-order chi connectivity index (χ1) is 5.34. The molecule has 0 aromatic heterocycles. The Morgan fingerprint density at radius 1 is 1.18 bits per heavy atom. The summed E-state index contributed by atoms with van der Waals surface area (Å²) in [4.78, 5) is 0. The highest BCUT2D eigenvalue weighted by Gasteiger charge is 2.03. The molecule has 1 aromatic carbocycles. The van der Waals surface area contributed by atoms with E-state index in [4.69, 9.17) is 5.11 Å². The third-order valence-corrected chi connectivity index (χ3v) is 1.59. The first-order valence-electron chi connectivity index (χ1n) is 3.68. The maximum atomic E-state index is 9.36. The van der Waals surface area contributed by atoms with E-state index in [-0.39, 0.29) is 6.61 Å². The Morgan fingerprint density at radius 3 is 2.36 bits per heavy atom. The molecule has 11 heavy (non-hydrogen) atoms. The molecule has 0 saturated carbocycles. The van der Waals surface area contributed by atoms with Gasteiger partial charge >= 0.3 is 0 Å². The van der Waals surface area contributed by atoms with Crippen molar-refractivity contribution in [2.45, 2.75) is 12.5 Å². The molecule has 1 unspecified atom stereocenters. The minimum absolute atomic E-state index is 0.0239. The quantitative estimate of drug-likeness (QED) is 0.681. The Kier molecular flexibility index (Phi) is 3.08. The van der Waals surface area contributed by atoms with Gasteiger partial charge in [-0.15, -0.1) is 0 Å². The SMILES string of the molecule is OCCC(O)c1ccccc1. The van der Waals surface area contributed by atoms with Gasteiger partial charge in [-0.25, -0.2) is 0 Å². The Balaban J connectivity index is 2.61. The lowest BCUT2D eigenvalue weighted by Crippen LogP contribution is -1.99. The van der Waals surface area contributed by atoms with E-state index >= 15 is 0 Å². The van der Waals surface area contributed by atoms with Crippen LogP contribution in [0.3, 0.4) is 0 Å². The van der Waals surface area contributed by atoms with Gasteiger partial charge in [-0.1, -0.05) is 30.3 Å². The fourth-order valence-electron chi connectivity index (χ4n) is 0.964. The summed E-state index contributed by atoms with van der Waals surface area (Å²) in [6.07, 6.45) is -0.120. The van der Waals surface area contributed by atoms with Crippen molar-refractivity contribution >= 4 is 0 Å². The Morgan fingerprint density at radius 2 is 1.82 bits per heavy atom. The lowest BCUT2D eigenvalue weighted by molar-refractivity contribution is 0.134. The van der Waals surface area contributed by atoms with Crippen molar-refractivity contribution in [2.24, 2.45) is 0 Å². The summed E-state index contributed by atoms with van der Waals surface area (Å²) in [7, 11) is 0. The second-order valence-electron chi connectivity index (χ2n) is 2.44. The van der Waals surface area contributed by atoms with Crippen LogP contribution in [0, 0.1) is 0 Å². The summed E-state index contributed by atoms with van der Waals surface area (Å²) >= 11 is 0. The second-order valence-corrected chi connectivity index (χ2v) is 2.44. The van der Waals surface area contributed by atoms with Gasteiger partial charge in [0.05, 0.1) is 6.10 Å². The second kappa shape index (κ2) is 4.11. The van der Waals surface area contributed by atoms with E-state index in [1.165, 1.54) is 0 Å². The van der Waals surface area contributed by atoms with Crippen LogP contribution in [0.25, 0.3) is 0 Å². The van der Waals surface area contributed by atoms with E-state index in [0.29, 0.717) is 6.42 Å². The lowest BCUT2D eigenvalue weighted by atomic mass is 10.1. The normalized spacial score (nSPS) is 12.9. The van der Waals surface area contributed by atoms with E-state index in [9.17, 15) is 5.11 Å². The Hall–Kier alpha value is -0.860. The predicted octanol–water partition coefficient (Wildman–Crippen LogP) is 1.10. The van der Waals surface area contributed by atoms with Crippen LogP contribution in [0.5, 0.6) is 0 Å². The van der Waals surface area contributed by atoms with Crippen LogP contribution < -0.4 is 0 Å². The first-order valence-corrected chi connectivity index (χ1v) is 3.68. The zero-order chi connectivity index (χ0) is 8.10. The van der Waals surface area contributed by atoms with Crippen molar-refractivity contribution in [1.82, 2.24) is 0 Å². The zero-order valence-electron chi connectivity index (χ0n) is 6.27. The maximum Gasteiger partial charge on any atom is 0.0811 e. The summed E-state index contributed by atoms with van der Waals surface area (Å²) in [6.45, 7) is 0.0239. The van der Waals surface area contributed by atoms with Crippen LogP contribution in [0.4, 0.5) is 0 Å². The monoisotopic (exact) mass is 152 g/mol. The van der Waals surface area contributed by atoms with E-state index in [0.717, 1.165) is 5.56 Å². The molecule has 1 atom stereocenters. The molecule has 0 spiro atoms. The number of hydrogen-bond acceptors (Lipinski definition) is 2. The van der Waals surface area contributed by atoms with Crippen molar-refractivity contribution in [1.29, 1.82) is 0 Å². The van der Waals surface area contributed by atoms with Crippen molar-refractivity contribution in [3.05, 3.63) is 35.9 Å². The first kappa shape index (κ1) is 8.24. The van der Waals surface area contributed by atoms with Crippen molar-refractivity contribution in [2.75, 3.05) is 6.61 Å². The lowest BCUT2D eigenvalue weighted by Gasteiger charge is -2.07. The summed E-state index contributed by atoms with van der Waals surface area (Å²) < 4.78 is 0. The standard InChI is InChI=1S/C9H12O2/c10-7-6-9(11)8-4-2-1-3-5-8/h1-5,9-11H,6-7H2. The average molecular weight is 152 g/mol. The summed E-state index contributed by atoms with van der Waals surface area (Å²) in [5.74, 6) is 0. The van der Waals surface area contributed by atoms with Gasteiger partial charge in [0.25, 0.3) is 0 Å². The van der Waals surface area contributed by atoms with Crippen molar-refractivity contribution < 1.29 is 10.2 Å². The van der Waals surface area contributed by atoms with Crippen LogP contribution in [-0.2, 0) is 0 Å². The van der Waals surface area contributed by atoms with Crippen molar-refractivity contribution in [3.63, 3.8) is 0 Å². The highest BCUT2D eigenvalue weighted by molar-refractivity contribution is 5.16. The number of aliphatic hydroxyl groups excluding tert-OH is 2. The maximum absolute atomic E-state index is 9.36. The topological polar surface area (TPSA) is 40.5 Å². The van der Waals surface area contributed by atoms with Crippen molar-refractivity contribution in [3.8, 4) is 0 Å². The van der Waals surface area contributed by atoms with Gasteiger partial charge in [0.2, 0.25) is 0 Å². The molecule has 1 rings (SSSR count). The van der Waals surface area contributed by atoms with Gasteiger partial charge in [-0.3, -0.25) is 0 Å². The zero-order valence-corrected chi connectivity index (χ0v) is 6.27. The van der Waals surface area contributed by atoms with Gasteiger partial charge in [0.15, 0.2) is 0 Å². The molecule has 0 aliphatic rings. The molecule has 0 bridgehead atoms. The number of hydrogen-bond donors (Lipinski definition) is 2. The fraction of sp³-hybridized carbons (Fsp3) is 0.333. The molecule has 0 aliphatic carbocycles. The van der Waals surface area contributed by atoms with Crippen LogP contribution >= 0.6 is 0 Å².